The van der Waals surface area contributed by atoms with Crippen molar-refractivity contribution in [2.45, 2.75) is 46.0 Å². The molecule has 1 aromatic carbocycles. The molecule has 4 nitrogen and oxygen atoms in total. The molecule has 26 heavy (non-hydrogen) atoms. The number of carbonyl (C=O) groups is 1. The van der Waals surface area contributed by atoms with Gasteiger partial charge in [-0.1, -0.05) is 39.8 Å². The fourth-order valence-corrected chi connectivity index (χ4v) is 3.35. The number of likely N-dealkylation sites (tertiary alicyclic amines) is 1. The maximum absolute atomic E-state index is 12.6. The number of nitrogens with one attached hydrogen (secondary N) is 1. The average Bonchev–Trinajstić information content (AvgIpc) is 2.61. The van der Waals surface area contributed by atoms with E-state index in [4.69, 9.17) is 0 Å². The molecule has 1 amide bonds. The van der Waals surface area contributed by atoms with Crippen molar-refractivity contribution in [2.24, 2.45) is 5.92 Å². The zero-order chi connectivity index (χ0) is 18.7. The van der Waals surface area contributed by atoms with E-state index in [0.717, 1.165) is 31.0 Å². The Morgan fingerprint density at radius 1 is 1.15 bits per heavy atom. The summed E-state index contributed by atoms with van der Waals surface area (Å²) in [5.74, 6) is 1.42. The molecule has 1 saturated heterocycles. The number of hydrogen-bond acceptors (Lipinski definition) is 3. The van der Waals surface area contributed by atoms with E-state index >= 15 is 0 Å². The van der Waals surface area contributed by atoms with Gasteiger partial charge in [-0.2, -0.15) is 0 Å². The predicted molar refractivity (Wildman–Crippen MR) is 107 cm³/mol. The molecule has 2 aromatic rings. The van der Waals surface area contributed by atoms with Crippen molar-refractivity contribution in [3.05, 3.63) is 53.7 Å². The second-order valence-corrected chi connectivity index (χ2v) is 8.38. The number of piperidine rings is 1. The van der Waals surface area contributed by atoms with Gasteiger partial charge in [0.2, 0.25) is 0 Å². The van der Waals surface area contributed by atoms with E-state index in [2.05, 4.69) is 62.3 Å². The number of aromatic nitrogens is 1. The predicted octanol–water partition coefficient (Wildman–Crippen LogP) is 4.99. The highest BCUT2D eigenvalue weighted by Crippen LogP contribution is 2.25. The Hall–Kier alpha value is -2.36. The standard InChI is InChI=1S/C22H29N3O/c1-16-6-5-13-25(15-16)21(26)17-7-12-20(23-14-17)24-19-10-8-18(9-11-19)22(2,3)4/h7-12,14,16H,5-6,13,15H2,1-4H3,(H,23,24). The van der Waals surface area contributed by atoms with Crippen molar-refractivity contribution < 1.29 is 4.79 Å². The summed E-state index contributed by atoms with van der Waals surface area (Å²) < 4.78 is 0. The van der Waals surface area contributed by atoms with Crippen LogP contribution in [0.5, 0.6) is 0 Å². The van der Waals surface area contributed by atoms with Crippen LogP contribution in [0.3, 0.4) is 0 Å². The highest BCUT2D eigenvalue weighted by Gasteiger charge is 2.22. The van der Waals surface area contributed by atoms with Crippen LogP contribution in [-0.2, 0) is 5.41 Å². The lowest BCUT2D eigenvalue weighted by Crippen LogP contribution is -2.39. The maximum Gasteiger partial charge on any atom is 0.255 e. The first-order chi connectivity index (χ1) is 12.3. The molecular weight excluding hydrogens is 322 g/mol. The van der Waals surface area contributed by atoms with Gasteiger partial charge in [-0.25, -0.2) is 4.98 Å². The summed E-state index contributed by atoms with van der Waals surface area (Å²) in [4.78, 5) is 19.0. The van der Waals surface area contributed by atoms with Crippen LogP contribution < -0.4 is 5.32 Å². The van der Waals surface area contributed by atoms with Gasteiger partial charge >= 0.3 is 0 Å². The average molecular weight is 351 g/mol. The third-order valence-corrected chi connectivity index (χ3v) is 4.98. The number of pyridine rings is 1. The van der Waals surface area contributed by atoms with Gasteiger partial charge in [-0.15, -0.1) is 0 Å². The van der Waals surface area contributed by atoms with Crippen molar-refractivity contribution >= 4 is 17.4 Å². The molecule has 0 saturated carbocycles. The van der Waals surface area contributed by atoms with E-state index in [1.165, 1.54) is 12.0 Å². The topological polar surface area (TPSA) is 45.2 Å². The van der Waals surface area contributed by atoms with E-state index in [-0.39, 0.29) is 11.3 Å². The lowest BCUT2D eigenvalue weighted by molar-refractivity contribution is 0.0682. The van der Waals surface area contributed by atoms with Gasteiger partial charge in [-0.3, -0.25) is 4.79 Å². The summed E-state index contributed by atoms with van der Waals surface area (Å²) >= 11 is 0. The Kier molecular flexibility index (Phi) is 5.30. The monoisotopic (exact) mass is 351 g/mol. The van der Waals surface area contributed by atoms with Crippen molar-refractivity contribution in [1.29, 1.82) is 0 Å². The molecule has 4 heteroatoms. The van der Waals surface area contributed by atoms with Crippen molar-refractivity contribution in [3.8, 4) is 0 Å². The minimum Gasteiger partial charge on any atom is -0.340 e. The summed E-state index contributed by atoms with van der Waals surface area (Å²) in [6.07, 6.45) is 3.97. The Labute approximate surface area is 156 Å². The van der Waals surface area contributed by atoms with Crippen molar-refractivity contribution in [3.63, 3.8) is 0 Å². The van der Waals surface area contributed by atoms with Crippen molar-refractivity contribution in [2.75, 3.05) is 18.4 Å². The summed E-state index contributed by atoms with van der Waals surface area (Å²) in [7, 11) is 0. The molecular formula is C22H29N3O. The summed E-state index contributed by atoms with van der Waals surface area (Å²) in [6.45, 7) is 10.5. The molecule has 3 rings (SSSR count). The number of hydrogen-bond donors (Lipinski definition) is 1. The second kappa shape index (κ2) is 7.48. The first-order valence-electron chi connectivity index (χ1n) is 9.46. The van der Waals surface area contributed by atoms with Crippen molar-refractivity contribution in [1.82, 2.24) is 9.88 Å². The molecule has 0 spiro atoms. The van der Waals surface area contributed by atoms with Crippen LogP contribution in [0.25, 0.3) is 0 Å². The van der Waals surface area contributed by atoms with Crippen LogP contribution in [0.15, 0.2) is 42.6 Å². The highest BCUT2D eigenvalue weighted by molar-refractivity contribution is 5.94. The van der Waals surface area contributed by atoms with E-state index in [0.29, 0.717) is 11.5 Å². The van der Waals surface area contributed by atoms with E-state index in [9.17, 15) is 4.79 Å². The Bertz CT molecular complexity index is 744. The Morgan fingerprint density at radius 2 is 1.88 bits per heavy atom. The minimum absolute atomic E-state index is 0.0881. The molecule has 0 bridgehead atoms. The van der Waals surface area contributed by atoms with E-state index in [1.807, 2.05) is 17.0 Å². The Morgan fingerprint density at radius 3 is 2.46 bits per heavy atom. The first-order valence-corrected chi connectivity index (χ1v) is 9.46. The van der Waals surface area contributed by atoms with Crippen LogP contribution in [0.1, 0.15) is 56.5 Å². The highest BCUT2D eigenvalue weighted by atomic mass is 16.2. The fourth-order valence-electron chi connectivity index (χ4n) is 3.35. The van der Waals surface area contributed by atoms with E-state index in [1.54, 1.807) is 6.20 Å². The zero-order valence-electron chi connectivity index (χ0n) is 16.2. The van der Waals surface area contributed by atoms with Crippen LogP contribution in [-0.4, -0.2) is 28.9 Å². The summed E-state index contributed by atoms with van der Waals surface area (Å²) in [5.41, 5.74) is 3.10. The molecule has 138 valence electrons. The molecule has 1 aliphatic heterocycles. The first kappa shape index (κ1) is 18.4. The number of rotatable bonds is 3. The normalized spacial score (nSPS) is 17.8. The van der Waals surface area contributed by atoms with Gasteiger partial charge in [0.05, 0.1) is 5.56 Å². The molecule has 0 radical (unpaired) electrons. The summed E-state index contributed by atoms with van der Waals surface area (Å²) in [6, 6.07) is 12.1. The minimum atomic E-state index is 0.0881. The number of amides is 1. The van der Waals surface area contributed by atoms with Crippen LogP contribution in [0.2, 0.25) is 0 Å². The van der Waals surface area contributed by atoms with Gasteiger partial charge < -0.3 is 10.2 Å². The number of benzene rings is 1. The molecule has 1 unspecified atom stereocenters. The van der Waals surface area contributed by atoms with Gasteiger partial charge in [0.25, 0.3) is 5.91 Å². The summed E-state index contributed by atoms with van der Waals surface area (Å²) in [5, 5.41) is 3.30. The van der Waals surface area contributed by atoms with Crippen LogP contribution >= 0.6 is 0 Å². The lowest BCUT2D eigenvalue weighted by Gasteiger charge is -2.30. The SMILES string of the molecule is CC1CCCN(C(=O)c2ccc(Nc3ccc(C(C)(C)C)cc3)nc2)C1. The third kappa shape index (κ3) is 4.43. The Balaban J connectivity index is 1.65. The number of carbonyl (C=O) groups excluding carboxylic acids is 1. The third-order valence-electron chi connectivity index (χ3n) is 4.98. The second-order valence-electron chi connectivity index (χ2n) is 8.38. The molecule has 1 N–H and O–H groups in total. The quantitative estimate of drug-likeness (QED) is 0.847. The number of nitrogens with zero attached hydrogens (tertiary/aromatic N) is 2. The molecule has 1 atom stereocenters. The maximum atomic E-state index is 12.6. The van der Waals surface area contributed by atoms with Gasteiger partial charge in [0.15, 0.2) is 0 Å². The molecule has 1 fully saturated rings. The van der Waals surface area contributed by atoms with Gasteiger partial charge in [-0.05, 0) is 54.0 Å². The zero-order valence-corrected chi connectivity index (χ0v) is 16.2. The lowest BCUT2D eigenvalue weighted by atomic mass is 9.87. The largest absolute Gasteiger partial charge is 0.340 e. The fraction of sp³-hybridized carbons (Fsp3) is 0.455. The molecule has 2 heterocycles. The molecule has 1 aromatic heterocycles. The van der Waals surface area contributed by atoms with E-state index < -0.39 is 0 Å². The smallest absolute Gasteiger partial charge is 0.255 e. The molecule has 1 aliphatic rings. The van der Waals surface area contributed by atoms with Gasteiger partial charge in [0.1, 0.15) is 5.82 Å². The number of anilines is 2. The van der Waals surface area contributed by atoms with Gasteiger partial charge in [0, 0.05) is 25.0 Å². The molecule has 0 aliphatic carbocycles. The van der Waals surface area contributed by atoms with Crippen LogP contribution in [0, 0.1) is 5.92 Å². The van der Waals surface area contributed by atoms with Crippen LogP contribution in [0.4, 0.5) is 11.5 Å².